The molecular weight excluding hydrogens is 270 g/mol. The average Bonchev–Trinajstić information content (AvgIpc) is 2.43. The second kappa shape index (κ2) is 7.67. The molecule has 1 N–H and O–H groups in total. The van der Waals surface area contributed by atoms with Gasteiger partial charge in [0, 0.05) is 0 Å². The van der Waals surface area contributed by atoms with E-state index >= 15 is 0 Å². The van der Waals surface area contributed by atoms with Gasteiger partial charge in [0.15, 0.2) is 6.61 Å². The number of hydrogen-bond acceptors (Lipinski definition) is 4. The quantitative estimate of drug-likeness (QED) is 0.815. The summed E-state index contributed by atoms with van der Waals surface area (Å²) < 4.78 is 10.2. The molecule has 0 fully saturated rings. The zero-order chi connectivity index (χ0) is 16.0. The first-order chi connectivity index (χ1) is 9.86. The molecule has 5 nitrogen and oxygen atoms in total. The van der Waals surface area contributed by atoms with E-state index in [1.165, 1.54) is 7.11 Å². The van der Waals surface area contributed by atoms with Gasteiger partial charge in [0.25, 0.3) is 5.91 Å². The van der Waals surface area contributed by atoms with Crippen molar-refractivity contribution in [2.24, 2.45) is 5.92 Å². The van der Waals surface area contributed by atoms with Gasteiger partial charge in [0.1, 0.15) is 11.8 Å². The molecule has 0 heterocycles. The van der Waals surface area contributed by atoms with Crippen molar-refractivity contribution in [1.82, 2.24) is 5.32 Å². The van der Waals surface area contributed by atoms with Crippen LogP contribution in [-0.2, 0) is 14.3 Å². The number of carbonyl (C=O) groups is 2. The van der Waals surface area contributed by atoms with Crippen molar-refractivity contribution in [3.05, 3.63) is 29.3 Å². The number of methoxy groups -OCH3 is 1. The number of amides is 1. The molecule has 0 radical (unpaired) electrons. The van der Waals surface area contributed by atoms with Gasteiger partial charge in [0.2, 0.25) is 0 Å². The maximum Gasteiger partial charge on any atom is 0.328 e. The Hall–Kier alpha value is -2.04. The molecule has 0 spiro atoms. The molecule has 0 unspecified atom stereocenters. The van der Waals surface area contributed by atoms with Crippen molar-refractivity contribution >= 4 is 11.9 Å². The largest absolute Gasteiger partial charge is 0.483 e. The molecule has 21 heavy (non-hydrogen) atoms. The lowest BCUT2D eigenvalue weighted by atomic mass is 10.0. The molecular formula is C16H23NO4. The van der Waals surface area contributed by atoms with E-state index in [1.807, 2.05) is 45.9 Å². The van der Waals surface area contributed by atoms with E-state index in [4.69, 9.17) is 4.74 Å². The third-order valence-electron chi connectivity index (χ3n) is 3.19. The third-order valence-corrected chi connectivity index (χ3v) is 3.19. The molecule has 0 aliphatic carbocycles. The van der Waals surface area contributed by atoms with Crippen LogP contribution >= 0.6 is 0 Å². The van der Waals surface area contributed by atoms with E-state index in [1.54, 1.807) is 0 Å². The molecule has 1 aromatic carbocycles. The number of esters is 1. The zero-order valence-electron chi connectivity index (χ0n) is 13.2. The molecule has 0 aromatic heterocycles. The van der Waals surface area contributed by atoms with E-state index in [2.05, 4.69) is 10.1 Å². The summed E-state index contributed by atoms with van der Waals surface area (Å²) in [4.78, 5) is 23.5. The van der Waals surface area contributed by atoms with Gasteiger partial charge in [-0.1, -0.05) is 32.0 Å². The average molecular weight is 293 g/mol. The van der Waals surface area contributed by atoms with Gasteiger partial charge in [-0.05, 0) is 30.9 Å². The number of ether oxygens (including phenoxy) is 2. The van der Waals surface area contributed by atoms with Crippen LogP contribution in [0.4, 0.5) is 0 Å². The lowest BCUT2D eigenvalue weighted by molar-refractivity contribution is -0.146. The van der Waals surface area contributed by atoms with E-state index in [0.29, 0.717) is 5.75 Å². The Morgan fingerprint density at radius 3 is 2.24 bits per heavy atom. The summed E-state index contributed by atoms with van der Waals surface area (Å²) in [6.07, 6.45) is 0. The van der Waals surface area contributed by atoms with Gasteiger partial charge >= 0.3 is 5.97 Å². The number of hydrogen-bond donors (Lipinski definition) is 1. The maximum absolute atomic E-state index is 11.9. The molecule has 0 aliphatic heterocycles. The lowest BCUT2D eigenvalue weighted by Crippen LogP contribution is -2.46. The minimum absolute atomic E-state index is 0.0541. The summed E-state index contributed by atoms with van der Waals surface area (Å²) in [6, 6.07) is 5.12. The van der Waals surface area contributed by atoms with Crippen LogP contribution in [0.3, 0.4) is 0 Å². The Bertz CT molecular complexity index is 491. The Balaban J connectivity index is 2.63. The Kier molecular flexibility index (Phi) is 6.21. The third kappa shape index (κ3) is 4.77. The zero-order valence-corrected chi connectivity index (χ0v) is 13.2. The van der Waals surface area contributed by atoms with Gasteiger partial charge in [-0.2, -0.15) is 0 Å². The molecule has 116 valence electrons. The van der Waals surface area contributed by atoms with Gasteiger partial charge in [0.05, 0.1) is 7.11 Å². The van der Waals surface area contributed by atoms with Crippen LogP contribution in [0, 0.1) is 19.8 Å². The minimum atomic E-state index is -0.663. The van der Waals surface area contributed by atoms with Crippen molar-refractivity contribution < 1.29 is 19.1 Å². The lowest BCUT2D eigenvalue weighted by Gasteiger charge is -2.20. The summed E-state index contributed by atoms with van der Waals surface area (Å²) >= 11 is 0. The number of benzene rings is 1. The topological polar surface area (TPSA) is 64.6 Å². The highest BCUT2D eigenvalue weighted by Crippen LogP contribution is 2.22. The number of para-hydroxylation sites is 1. The summed E-state index contributed by atoms with van der Waals surface area (Å²) in [5.41, 5.74) is 1.94. The predicted octanol–water partition coefficient (Wildman–Crippen LogP) is 2.00. The van der Waals surface area contributed by atoms with Crippen LogP contribution in [-0.4, -0.2) is 31.6 Å². The first-order valence-corrected chi connectivity index (χ1v) is 6.93. The molecule has 0 bridgehead atoms. The van der Waals surface area contributed by atoms with Crippen molar-refractivity contribution in [1.29, 1.82) is 0 Å². The molecule has 1 amide bonds. The van der Waals surface area contributed by atoms with Crippen LogP contribution in [0.15, 0.2) is 18.2 Å². The molecule has 1 atom stereocenters. The standard InChI is InChI=1S/C16H23NO4/c1-10(2)14(16(19)20-5)17-13(18)9-21-15-11(3)7-6-8-12(15)4/h6-8,10,14H,9H2,1-5H3,(H,17,18)/t14-/m0/s1. The number of carbonyl (C=O) groups excluding carboxylic acids is 2. The first kappa shape index (κ1) is 17.0. The second-order valence-corrected chi connectivity index (χ2v) is 5.32. The van der Waals surface area contributed by atoms with Crippen molar-refractivity contribution in [3.63, 3.8) is 0 Å². The van der Waals surface area contributed by atoms with Crippen LogP contribution in [0.5, 0.6) is 5.75 Å². The fourth-order valence-electron chi connectivity index (χ4n) is 2.00. The first-order valence-electron chi connectivity index (χ1n) is 6.93. The summed E-state index contributed by atoms with van der Waals surface area (Å²) in [5, 5.41) is 2.64. The minimum Gasteiger partial charge on any atom is -0.483 e. The summed E-state index contributed by atoms with van der Waals surface area (Å²) in [6.45, 7) is 7.39. The fraction of sp³-hybridized carbons (Fsp3) is 0.500. The van der Waals surface area contributed by atoms with Crippen molar-refractivity contribution in [3.8, 4) is 5.75 Å². The van der Waals surface area contributed by atoms with Gasteiger partial charge in [-0.15, -0.1) is 0 Å². The Morgan fingerprint density at radius 1 is 1.19 bits per heavy atom. The number of rotatable bonds is 6. The second-order valence-electron chi connectivity index (χ2n) is 5.32. The highest BCUT2D eigenvalue weighted by Gasteiger charge is 2.25. The Labute approximate surface area is 125 Å². The van der Waals surface area contributed by atoms with Gasteiger partial charge < -0.3 is 14.8 Å². The number of aryl methyl sites for hydroxylation is 2. The smallest absolute Gasteiger partial charge is 0.328 e. The molecule has 0 aliphatic rings. The van der Waals surface area contributed by atoms with E-state index in [0.717, 1.165) is 11.1 Å². The summed E-state index contributed by atoms with van der Waals surface area (Å²) in [5.74, 6) is -0.152. The highest BCUT2D eigenvalue weighted by molar-refractivity contribution is 5.85. The van der Waals surface area contributed by atoms with Crippen LogP contribution in [0.2, 0.25) is 0 Å². The van der Waals surface area contributed by atoms with Crippen LogP contribution < -0.4 is 10.1 Å². The van der Waals surface area contributed by atoms with Crippen molar-refractivity contribution in [2.45, 2.75) is 33.7 Å². The molecule has 0 saturated carbocycles. The fourth-order valence-corrected chi connectivity index (χ4v) is 2.00. The van der Waals surface area contributed by atoms with Crippen LogP contribution in [0.25, 0.3) is 0 Å². The molecule has 5 heteroatoms. The SMILES string of the molecule is COC(=O)[C@@H](NC(=O)COc1c(C)cccc1C)C(C)C. The molecule has 1 rings (SSSR count). The Morgan fingerprint density at radius 2 is 1.76 bits per heavy atom. The predicted molar refractivity (Wildman–Crippen MR) is 80.2 cm³/mol. The normalized spacial score (nSPS) is 11.9. The van der Waals surface area contributed by atoms with Gasteiger partial charge in [-0.3, -0.25) is 4.79 Å². The van der Waals surface area contributed by atoms with E-state index < -0.39 is 12.0 Å². The van der Waals surface area contributed by atoms with Crippen LogP contribution in [0.1, 0.15) is 25.0 Å². The monoisotopic (exact) mass is 293 g/mol. The van der Waals surface area contributed by atoms with Crippen molar-refractivity contribution in [2.75, 3.05) is 13.7 Å². The van der Waals surface area contributed by atoms with E-state index in [-0.39, 0.29) is 18.4 Å². The summed E-state index contributed by atoms with van der Waals surface area (Å²) in [7, 11) is 1.30. The number of nitrogens with one attached hydrogen (secondary N) is 1. The van der Waals surface area contributed by atoms with Gasteiger partial charge in [-0.25, -0.2) is 4.79 Å². The van der Waals surface area contributed by atoms with E-state index in [9.17, 15) is 9.59 Å². The maximum atomic E-state index is 11.9. The molecule has 1 aromatic rings. The molecule has 0 saturated heterocycles. The highest BCUT2D eigenvalue weighted by atomic mass is 16.5.